The van der Waals surface area contributed by atoms with E-state index in [9.17, 15) is 9.90 Å². The Kier molecular flexibility index (Phi) is 5.82. The molecule has 20 heavy (non-hydrogen) atoms. The van der Waals surface area contributed by atoms with Crippen LogP contribution >= 0.6 is 0 Å². The molecule has 0 aromatic carbocycles. The Morgan fingerprint density at radius 1 is 1.30 bits per heavy atom. The Morgan fingerprint density at radius 2 is 2.05 bits per heavy atom. The number of rotatable bonds is 8. The van der Waals surface area contributed by atoms with Gasteiger partial charge >= 0.3 is 0 Å². The normalized spacial score (nSPS) is 21.8. The molecule has 0 aromatic rings. The number of carbonyl (C=O) groups is 1. The highest BCUT2D eigenvalue weighted by atomic mass is 16.5. The van der Waals surface area contributed by atoms with E-state index in [4.69, 9.17) is 17.3 Å². The molecule has 0 bridgehead atoms. The topological polar surface area (TPSA) is 59.0 Å². The van der Waals surface area contributed by atoms with E-state index in [0.29, 0.717) is 45.7 Å². The molecule has 1 N–H and O–H groups in total. The van der Waals surface area contributed by atoms with Gasteiger partial charge in [0.05, 0.1) is 27.7 Å². The van der Waals surface area contributed by atoms with Gasteiger partial charge in [0.2, 0.25) is 0 Å². The third-order valence-electron chi connectivity index (χ3n) is 3.41. The fourth-order valence-electron chi connectivity index (χ4n) is 2.40. The summed E-state index contributed by atoms with van der Waals surface area (Å²) in [5.74, 6) is -0.0696. The first-order valence-electron chi connectivity index (χ1n) is 7.00. The Bertz CT molecular complexity index is 408. The lowest BCUT2D eigenvalue weighted by molar-refractivity contribution is -0.133. The number of aliphatic hydroxyl groups excluding tert-OH is 1. The van der Waals surface area contributed by atoms with Crippen LogP contribution in [0.25, 0.3) is 0 Å². The molecular weight excluding hydrogens is 257 g/mol. The maximum atomic E-state index is 12.1. The highest BCUT2D eigenvalue weighted by Crippen LogP contribution is 2.31. The van der Waals surface area contributed by atoms with Crippen molar-refractivity contribution in [2.45, 2.75) is 25.4 Å². The summed E-state index contributed by atoms with van der Waals surface area (Å²) >= 11 is 0. The molecule has 5 nitrogen and oxygen atoms in total. The smallest absolute Gasteiger partial charge is 0.252 e. The molecule has 2 rings (SSSR count). The molecule has 0 saturated carbocycles. The lowest BCUT2D eigenvalue weighted by atomic mass is 9.99. The van der Waals surface area contributed by atoms with Crippen LogP contribution in [0.15, 0.2) is 23.3 Å². The number of aliphatic hydroxyl groups is 1. The van der Waals surface area contributed by atoms with E-state index in [1.165, 1.54) is 4.90 Å². The number of ether oxygens (including phenoxy) is 2. The van der Waals surface area contributed by atoms with E-state index in [1.807, 2.05) is 12.2 Å². The van der Waals surface area contributed by atoms with Crippen molar-refractivity contribution in [3.63, 3.8) is 0 Å². The Morgan fingerprint density at radius 3 is 2.75 bits per heavy atom. The van der Waals surface area contributed by atoms with Crippen LogP contribution in [0.3, 0.4) is 0 Å². The molecule has 1 amide bonds. The maximum Gasteiger partial charge on any atom is 0.252 e. The highest BCUT2D eigenvalue weighted by Gasteiger charge is 2.36. The zero-order valence-corrected chi connectivity index (χ0v) is 11.6. The van der Waals surface area contributed by atoms with Crippen LogP contribution in [-0.4, -0.2) is 63.0 Å². The predicted octanol–water partition coefficient (Wildman–Crippen LogP) is 0.414. The van der Waals surface area contributed by atoms with Crippen molar-refractivity contribution in [2.24, 2.45) is 0 Å². The van der Waals surface area contributed by atoms with Crippen molar-refractivity contribution in [2.75, 3.05) is 33.0 Å². The fraction of sp³-hybridized carbons (Fsp3) is 0.643. The van der Waals surface area contributed by atoms with Gasteiger partial charge in [0.25, 0.3) is 5.91 Å². The predicted molar refractivity (Wildman–Crippen MR) is 75.3 cm³/mol. The number of nitrogens with zero attached hydrogens (tertiary/aromatic N) is 1. The van der Waals surface area contributed by atoms with E-state index in [2.05, 4.69) is 0 Å². The monoisotopic (exact) mass is 277 g/mol. The van der Waals surface area contributed by atoms with Crippen molar-refractivity contribution in [3.8, 4) is 0 Å². The van der Waals surface area contributed by atoms with Gasteiger partial charge in [-0.1, -0.05) is 18.5 Å². The summed E-state index contributed by atoms with van der Waals surface area (Å²) in [6.07, 6.45) is 5.09. The minimum atomic E-state index is -0.828. The molecule has 0 spiro atoms. The number of hydrogen-bond donors (Lipinski definition) is 1. The molecule has 1 atom stereocenters. The number of carbonyl (C=O) groups excluding carboxylic acids is 1. The molecule has 1 heterocycles. The van der Waals surface area contributed by atoms with Crippen LogP contribution in [0.2, 0.25) is 6.32 Å². The maximum absolute atomic E-state index is 12.1. The van der Waals surface area contributed by atoms with Crippen LogP contribution in [0.1, 0.15) is 12.8 Å². The number of hydrogen-bond acceptors (Lipinski definition) is 4. The molecule has 0 saturated heterocycles. The highest BCUT2D eigenvalue weighted by molar-refractivity contribution is 6.08. The van der Waals surface area contributed by atoms with Gasteiger partial charge in [0.15, 0.2) is 6.23 Å². The van der Waals surface area contributed by atoms with Crippen molar-refractivity contribution < 1.29 is 19.4 Å². The Balaban J connectivity index is 1.70. The molecule has 1 aliphatic heterocycles. The second kappa shape index (κ2) is 7.62. The standard InChI is InChI=1S/C14H20BNO4/c15-5-7-19-9-10-20-8-6-16-13(17)11-3-1-2-4-12(11)14(16)18/h1,3,13,17H,2,4-10H2. The lowest BCUT2D eigenvalue weighted by Gasteiger charge is -2.21. The summed E-state index contributed by atoms with van der Waals surface area (Å²) in [6.45, 7) is 2.25. The van der Waals surface area contributed by atoms with Crippen LogP contribution in [-0.2, 0) is 14.3 Å². The summed E-state index contributed by atoms with van der Waals surface area (Å²) < 4.78 is 10.6. The van der Waals surface area contributed by atoms with Crippen molar-refractivity contribution in [3.05, 3.63) is 23.3 Å². The molecule has 0 fully saturated rings. The van der Waals surface area contributed by atoms with Gasteiger partial charge in [-0.15, -0.1) is 0 Å². The fourth-order valence-corrected chi connectivity index (χ4v) is 2.40. The van der Waals surface area contributed by atoms with E-state index >= 15 is 0 Å². The third kappa shape index (κ3) is 3.51. The van der Waals surface area contributed by atoms with Gasteiger partial charge in [-0.05, 0) is 12.8 Å². The van der Waals surface area contributed by atoms with E-state index in [-0.39, 0.29) is 5.91 Å². The van der Waals surface area contributed by atoms with E-state index < -0.39 is 6.23 Å². The van der Waals surface area contributed by atoms with Gasteiger partial charge < -0.3 is 19.5 Å². The lowest BCUT2D eigenvalue weighted by Crippen LogP contribution is -2.38. The van der Waals surface area contributed by atoms with Crippen molar-refractivity contribution in [1.82, 2.24) is 4.90 Å². The van der Waals surface area contributed by atoms with Crippen LogP contribution < -0.4 is 0 Å². The van der Waals surface area contributed by atoms with E-state index in [1.54, 1.807) is 0 Å². The Hall–Kier alpha value is -1.11. The van der Waals surface area contributed by atoms with Gasteiger partial charge in [-0.25, -0.2) is 0 Å². The van der Waals surface area contributed by atoms with E-state index in [0.717, 1.165) is 17.6 Å². The first-order valence-corrected chi connectivity index (χ1v) is 7.00. The zero-order chi connectivity index (χ0) is 14.4. The molecule has 6 heteroatoms. The van der Waals surface area contributed by atoms with Gasteiger partial charge in [0.1, 0.15) is 0 Å². The van der Waals surface area contributed by atoms with Gasteiger partial charge in [0, 0.05) is 24.3 Å². The quantitative estimate of drug-likeness (QED) is 0.516. The summed E-state index contributed by atoms with van der Waals surface area (Å²) in [6, 6.07) is 0. The summed E-state index contributed by atoms with van der Waals surface area (Å²) in [5, 5.41) is 10.1. The minimum absolute atomic E-state index is 0.0696. The van der Waals surface area contributed by atoms with Gasteiger partial charge in [-0.2, -0.15) is 0 Å². The molecule has 0 aromatic heterocycles. The average molecular weight is 277 g/mol. The van der Waals surface area contributed by atoms with Crippen molar-refractivity contribution >= 4 is 13.8 Å². The number of allylic oxidation sites excluding steroid dienone is 1. The van der Waals surface area contributed by atoms with Crippen molar-refractivity contribution in [1.29, 1.82) is 0 Å². The summed E-state index contributed by atoms with van der Waals surface area (Å²) in [4.78, 5) is 13.6. The number of amides is 1. The van der Waals surface area contributed by atoms with Crippen LogP contribution in [0, 0.1) is 0 Å². The molecule has 108 valence electrons. The molecular formula is C14H20BNO4. The second-order valence-electron chi connectivity index (χ2n) is 4.76. The molecule has 2 aliphatic rings. The zero-order valence-electron chi connectivity index (χ0n) is 11.6. The molecule has 1 aliphatic carbocycles. The van der Waals surface area contributed by atoms with Gasteiger partial charge in [-0.3, -0.25) is 4.79 Å². The van der Waals surface area contributed by atoms with Crippen LogP contribution in [0.4, 0.5) is 0 Å². The largest absolute Gasteiger partial charge is 0.380 e. The van der Waals surface area contributed by atoms with Crippen LogP contribution in [0.5, 0.6) is 0 Å². The molecule has 1 unspecified atom stereocenters. The first-order chi connectivity index (χ1) is 9.75. The third-order valence-corrected chi connectivity index (χ3v) is 3.41. The Labute approximate surface area is 120 Å². The average Bonchev–Trinajstić information content (AvgIpc) is 2.71. The minimum Gasteiger partial charge on any atom is -0.380 e. The second-order valence-corrected chi connectivity index (χ2v) is 4.76. The summed E-state index contributed by atoms with van der Waals surface area (Å²) in [5.41, 5.74) is 1.49. The summed E-state index contributed by atoms with van der Waals surface area (Å²) in [7, 11) is 5.29. The SMILES string of the molecule is [B]CCOCCOCCN1C(=O)C2=C(C=CCC2)C1O. The molecule has 2 radical (unpaired) electrons. The first kappa shape index (κ1) is 15.3.